The molecule has 3 rings (SSSR count). The van der Waals surface area contributed by atoms with Crippen LogP contribution in [0.15, 0.2) is 18.2 Å². The van der Waals surface area contributed by atoms with Gasteiger partial charge in [-0.3, -0.25) is 9.69 Å². The summed E-state index contributed by atoms with van der Waals surface area (Å²) in [6.45, 7) is 1.65. The molecule has 4 heteroatoms. The predicted octanol–water partition coefficient (Wildman–Crippen LogP) is 2.22. The van der Waals surface area contributed by atoms with Crippen molar-refractivity contribution in [3.05, 3.63) is 35.1 Å². The van der Waals surface area contributed by atoms with Gasteiger partial charge in [0.1, 0.15) is 5.82 Å². The number of benzene rings is 1. The van der Waals surface area contributed by atoms with Crippen molar-refractivity contribution in [1.29, 1.82) is 0 Å². The largest absolute Gasteiger partial charge is 0.481 e. The van der Waals surface area contributed by atoms with Crippen LogP contribution in [0.1, 0.15) is 30.0 Å². The minimum absolute atomic E-state index is 0.0994. The lowest BCUT2D eigenvalue weighted by Gasteiger charge is -2.43. The van der Waals surface area contributed by atoms with E-state index in [1.54, 1.807) is 6.07 Å². The van der Waals surface area contributed by atoms with Crippen molar-refractivity contribution in [2.45, 2.75) is 25.3 Å². The Kier molecular flexibility index (Phi) is 2.82. The predicted molar refractivity (Wildman–Crippen MR) is 64.8 cm³/mol. The fourth-order valence-electron chi connectivity index (χ4n) is 3.21. The molecule has 1 heterocycles. The third kappa shape index (κ3) is 1.90. The molecule has 1 aromatic carbocycles. The number of carboxylic acid groups (broad SMARTS) is 1. The average Bonchev–Trinajstić information content (AvgIpc) is 2.67. The van der Waals surface area contributed by atoms with Gasteiger partial charge in [-0.1, -0.05) is 12.1 Å². The smallest absolute Gasteiger partial charge is 0.303 e. The highest BCUT2D eigenvalue weighted by Crippen LogP contribution is 2.40. The van der Waals surface area contributed by atoms with Gasteiger partial charge in [-0.2, -0.15) is 0 Å². The van der Waals surface area contributed by atoms with Crippen LogP contribution in [-0.2, 0) is 11.2 Å². The van der Waals surface area contributed by atoms with Crippen LogP contribution in [-0.4, -0.2) is 29.1 Å². The number of fused-ring (bicyclic) bond motifs is 1. The summed E-state index contributed by atoms with van der Waals surface area (Å²) in [5.74, 6) is -0.560. The van der Waals surface area contributed by atoms with Gasteiger partial charge >= 0.3 is 5.97 Å². The van der Waals surface area contributed by atoms with Crippen molar-refractivity contribution in [2.24, 2.45) is 5.92 Å². The lowest BCUT2D eigenvalue weighted by molar-refractivity contribution is -0.139. The van der Waals surface area contributed by atoms with Gasteiger partial charge in [-0.05, 0) is 36.0 Å². The van der Waals surface area contributed by atoms with Crippen LogP contribution in [0.3, 0.4) is 0 Å². The topological polar surface area (TPSA) is 40.5 Å². The van der Waals surface area contributed by atoms with Crippen LogP contribution in [0.2, 0.25) is 0 Å². The van der Waals surface area contributed by atoms with Gasteiger partial charge in [0.15, 0.2) is 0 Å². The molecule has 0 radical (unpaired) electrons. The van der Waals surface area contributed by atoms with Crippen LogP contribution >= 0.6 is 0 Å². The van der Waals surface area contributed by atoms with Crippen molar-refractivity contribution < 1.29 is 14.3 Å². The Morgan fingerprint density at radius 1 is 1.44 bits per heavy atom. The van der Waals surface area contributed by atoms with E-state index in [-0.39, 0.29) is 18.2 Å². The summed E-state index contributed by atoms with van der Waals surface area (Å²) in [7, 11) is 0. The Labute approximate surface area is 105 Å². The molecule has 3 nitrogen and oxygen atoms in total. The molecule has 0 bridgehead atoms. The first kappa shape index (κ1) is 11.7. The third-order valence-electron chi connectivity index (χ3n) is 4.07. The standard InChI is InChI=1S/C14H16FNO2/c15-12-3-1-2-11-10(12)4-5-13(11)16-7-9(8-16)6-14(17)18/h1-3,9,13H,4-8H2,(H,17,18). The van der Waals surface area contributed by atoms with E-state index in [4.69, 9.17) is 5.11 Å². The van der Waals surface area contributed by atoms with E-state index in [1.807, 2.05) is 6.07 Å². The zero-order chi connectivity index (χ0) is 12.7. The second-order valence-corrected chi connectivity index (χ2v) is 5.28. The first-order valence-electron chi connectivity index (χ1n) is 6.38. The summed E-state index contributed by atoms with van der Waals surface area (Å²) in [5, 5.41) is 8.73. The second-order valence-electron chi connectivity index (χ2n) is 5.28. The van der Waals surface area contributed by atoms with E-state index < -0.39 is 5.97 Å². The Balaban J connectivity index is 1.68. The van der Waals surface area contributed by atoms with Gasteiger partial charge in [0.2, 0.25) is 0 Å². The van der Waals surface area contributed by atoms with Crippen LogP contribution in [0, 0.1) is 11.7 Å². The Bertz CT molecular complexity index is 483. The normalized spacial score (nSPS) is 23.7. The summed E-state index contributed by atoms with van der Waals surface area (Å²) in [6, 6.07) is 5.58. The molecule has 0 saturated carbocycles. The van der Waals surface area contributed by atoms with Gasteiger partial charge in [0.25, 0.3) is 0 Å². The van der Waals surface area contributed by atoms with Gasteiger partial charge in [0, 0.05) is 19.1 Å². The number of nitrogens with zero attached hydrogens (tertiary/aromatic N) is 1. The molecule has 0 spiro atoms. The van der Waals surface area contributed by atoms with Gasteiger partial charge < -0.3 is 5.11 Å². The van der Waals surface area contributed by atoms with E-state index in [9.17, 15) is 9.18 Å². The molecule has 1 saturated heterocycles. The third-order valence-corrected chi connectivity index (χ3v) is 4.07. The molecule has 1 aromatic rings. The van der Waals surface area contributed by atoms with Gasteiger partial charge in [0.05, 0.1) is 6.42 Å². The highest BCUT2D eigenvalue weighted by molar-refractivity contribution is 5.67. The number of carboxylic acids is 1. The number of likely N-dealkylation sites (tertiary alicyclic amines) is 1. The summed E-state index contributed by atoms with van der Waals surface area (Å²) in [5.41, 5.74) is 1.95. The monoisotopic (exact) mass is 249 g/mol. The highest BCUT2D eigenvalue weighted by atomic mass is 19.1. The van der Waals surface area contributed by atoms with E-state index in [0.717, 1.165) is 37.1 Å². The first-order valence-corrected chi connectivity index (χ1v) is 6.38. The molecule has 1 unspecified atom stereocenters. The van der Waals surface area contributed by atoms with Crippen LogP contribution in [0.5, 0.6) is 0 Å². The molecule has 1 atom stereocenters. The minimum atomic E-state index is -0.725. The maximum absolute atomic E-state index is 13.6. The zero-order valence-corrected chi connectivity index (χ0v) is 10.1. The van der Waals surface area contributed by atoms with Crippen LogP contribution in [0.4, 0.5) is 4.39 Å². The Hall–Kier alpha value is -1.42. The lowest BCUT2D eigenvalue weighted by atomic mass is 9.92. The zero-order valence-electron chi connectivity index (χ0n) is 10.1. The highest BCUT2D eigenvalue weighted by Gasteiger charge is 2.37. The Morgan fingerprint density at radius 3 is 2.94 bits per heavy atom. The first-order chi connectivity index (χ1) is 8.65. The lowest BCUT2D eigenvalue weighted by Crippen LogP contribution is -2.48. The maximum atomic E-state index is 13.6. The molecule has 18 heavy (non-hydrogen) atoms. The molecule has 2 aliphatic rings. The molecule has 0 amide bonds. The molecule has 1 N–H and O–H groups in total. The number of carbonyl (C=O) groups is 1. The van der Waals surface area contributed by atoms with Crippen LogP contribution in [0.25, 0.3) is 0 Å². The average molecular weight is 249 g/mol. The SMILES string of the molecule is O=C(O)CC1CN(C2CCc3c(F)cccc32)C1. The fourth-order valence-corrected chi connectivity index (χ4v) is 3.21. The molecule has 96 valence electrons. The molecule has 1 aliphatic carbocycles. The number of hydrogen-bond acceptors (Lipinski definition) is 2. The second kappa shape index (κ2) is 4.35. The van der Waals surface area contributed by atoms with E-state index >= 15 is 0 Å². The number of halogens is 1. The van der Waals surface area contributed by atoms with E-state index in [2.05, 4.69) is 4.90 Å². The van der Waals surface area contributed by atoms with Crippen molar-refractivity contribution in [1.82, 2.24) is 4.90 Å². The van der Waals surface area contributed by atoms with Gasteiger partial charge in [-0.25, -0.2) is 4.39 Å². The Morgan fingerprint density at radius 2 is 2.22 bits per heavy atom. The molecule has 0 aromatic heterocycles. The van der Waals surface area contributed by atoms with Crippen molar-refractivity contribution in [3.63, 3.8) is 0 Å². The number of aliphatic carboxylic acids is 1. The maximum Gasteiger partial charge on any atom is 0.303 e. The van der Waals surface area contributed by atoms with E-state index in [1.165, 1.54) is 6.07 Å². The molecular formula is C14H16FNO2. The quantitative estimate of drug-likeness (QED) is 0.893. The number of hydrogen-bond donors (Lipinski definition) is 1. The van der Waals surface area contributed by atoms with Gasteiger partial charge in [-0.15, -0.1) is 0 Å². The minimum Gasteiger partial charge on any atom is -0.481 e. The summed E-state index contributed by atoms with van der Waals surface area (Å²) in [6.07, 6.45) is 2.00. The summed E-state index contributed by atoms with van der Waals surface area (Å²) in [4.78, 5) is 12.9. The van der Waals surface area contributed by atoms with E-state index in [0.29, 0.717) is 6.04 Å². The summed E-state index contributed by atoms with van der Waals surface area (Å²) >= 11 is 0. The fraction of sp³-hybridized carbons (Fsp3) is 0.500. The van der Waals surface area contributed by atoms with Crippen LogP contribution < -0.4 is 0 Å². The van der Waals surface area contributed by atoms with Crippen molar-refractivity contribution in [3.8, 4) is 0 Å². The van der Waals surface area contributed by atoms with Crippen molar-refractivity contribution >= 4 is 5.97 Å². The molecule has 1 aliphatic heterocycles. The molecule has 1 fully saturated rings. The molecular weight excluding hydrogens is 233 g/mol. The number of rotatable bonds is 3. The summed E-state index contributed by atoms with van der Waals surface area (Å²) < 4.78 is 13.6. The van der Waals surface area contributed by atoms with Crippen molar-refractivity contribution in [2.75, 3.05) is 13.1 Å².